The molecule has 2 fully saturated rings. The molecule has 0 spiro atoms. The van der Waals surface area contributed by atoms with Gasteiger partial charge in [0.25, 0.3) is 5.56 Å². The zero-order valence-corrected chi connectivity index (χ0v) is 19.2. The van der Waals surface area contributed by atoms with Gasteiger partial charge in [-0.25, -0.2) is 4.79 Å². The Balaban J connectivity index is 1.51. The molecule has 34 heavy (non-hydrogen) atoms. The molecule has 0 atom stereocenters. The molecule has 2 aliphatic rings. The fraction of sp³-hybridized carbons (Fsp3) is 0.370. The first-order valence-electron chi connectivity index (χ1n) is 12.2. The molecule has 2 saturated carbocycles. The topological polar surface area (TPSA) is 73.8 Å². The van der Waals surface area contributed by atoms with E-state index in [1.54, 1.807) is 4.57 Å². The van der Waals surface area contributed by atoms with Gasteiger partial charge in [0, 0.05) is 19.6 Å². The van der Waals surface area contributed by atoms with Crippen molar-refractivity contribution in [2.75, 3.05) is 5.32 Å². The van der Waals surface area contributed by atoms with E-state index in [2.05, 4.69) is 29.6 Å². The zero-order chi connectivity index (χ0) is 23.1. The lowest BCUT2D eigenvalue weighted by atomic mass is 10.2. The van der Waals surface area contributed by atoms with E-state index in [4.69, 9.17) is 4.98 Å². The second-order valence-electron chi connectivity index (χ2n) is 9.71. The van der Waals surface area contributed by atoms with E-state index >= 15 is 0 Å². The molecule has 0 bridgehead atoms. The van der Waals surface area contributed by atoms with Gasteiger partial charge < -0.3 is 5.32 Å². The minimum atomic E-state index is -0.227. The highest BCUT2D eigenvalue weighted by Gasteiger charge is 2.29. The molecule has 2 aromatic heterocycles. The summed E-state index contributed by atoms with van der Waals surface area (Å²) in [6.07, 6.45) is 4.42. The average Bonchev–Trinajstić information content (AvgIpc) is 3.79. The first kappa shape index (κ1) is 21.0. The fourth-order valence-electron chi connectivity index (χ4n) is 4.57. The van der Waals surface area contributed by atoms with E-state index in [1.165, 1.54) is 4.57 Å². The monoisotopic (exact) mass is 455 g/mol. The molecule has 0 unspecified atom stereocenters. The maximum atomic E-state index is 13.7. The predicted molar refractivity (Wildman–Crippen MR) is 133 cm³/mol. The molecule has 2 heterocycles. The Morgan fingerprint density at radius 3 is 1.97 bits per heavy atom. The SMILES string of the molecule is O=c1c2c(nc(NCc3ccccc3)n2Cc2ccccc2)n(CC2CC2)c(=O)n1CC1CC1. The highest BCUT2D eigenvalue weighted by Crippen LogP contribution is 2.32. The second kappa shape index (κ2) is 8.63. The summed E-state index contributed by atoms with van der Waals surface area (Å²) in [7, 11) is 0. The number of anilines is 1. The molecule has 0 amide bonds. The molecule has 0 radical (unpaired) electrons. The van der Waals surface area contributed by atoms with Gasteiger partial charge in [-0.1, -0.05) is 60.7 Å². The van der Waals surface area contributed by atoms with Gasteiger partial charge in [-0.3, -0.25) is 18.5 Å². The summed E-state index contributed by atoms with van der Waals surface area (Å²) in [6, 6.07) is 20.2. The number of benzene rings is 2. The zero-order valence-electron chi connectivity index (χ0n) is 19.2. The van der Waals surface area contributed by atoms with Crippen LogP contribution in [0, 0.1) is 11.8 Å². The van der Waals surface area contributed by atoms with E-state index < -0.39 is 0 Å². The van der Waals surface area contributed by atoms with Gasteiger partial charge in [-0.15, -0.1) is 0 Å². The van der Waals surface area contributed by atoms with Gasteiger partial charge in [0.15, 0.2) is 11.2 Å². The minimum absolute atomic E-state index is 0.213. The maximum absolute atomic E-state index is 13.7. The molecule has 0 aliphatic heterocycles. The molecular weight excluding hydrogens is 426 g/mol. The molecule has 174 valence electrons. The van der Waals surface area contributed by atoms with Crippen molar-refractivity contribution >= 4 is 17.1 Å². The van der Waals surface area contributed by atoms with Gasteiger partial charge in [0.05, 0.1) is 6.54 Å². The third-order valence-corrected chi connectivity index (χ3v) is 6.87. The first-order chi connectivity index (χ1) is 16.7. The molecule has 0 saturated heterocycles. The highest BCUT2D eigenvalue weighted by atomic mass is 16.2. The van der Waals surface area contributed by atoms with Crippen LogP contribution in [0.4, 0.5) is 5.95 Å². The quantitative estimate of drug-likeness (QED) is 0.416. The number of nitrogens with zero attached hydrogens (tertiary/aromatic N) is 4. The number of hydrogen-bond acceptors (Lipinski definition) is 4. The first-order valence-corrected chi connectivity index (χ1v) is 12.2. The molecule has 2 aromatic carbocycles. The number of imidazole rings is 1. The molecule has 2 aliphatic carbocycles. The number of nitrogens with one attached hydrogen (secondary N) is 1. The smallest absolute Gasteiger partial charge is 0.332 e. The van der Waals surface area contributed by atoms with Gasteiger partial charge in [-0.2, -0.15) is 4.98 Å². The van der Waals surface area contributed by atoms with E-state index in [9.17, 15) is 9.59 Å². The summed E-state index contributed by atoms with van der Waals surface area (Å²) in [6.45, 7) is 2.22. The van der Waals surface area contributed by atoms with Crippen LogP contribution in [0.2, 0.25) is 0 Å². The van der Waals surface area contributed by atoms with E-state index in [-0.39, 0.29) is 11.2 Å². The van der Waals surface area contributed by atoms with Crippen LogP contribution >= 0.6 is 0 Å². The Kier molecular flexibility index (Phi) is 5.32. The van der Waals surface area contributed by atoms with Crippen molar-refractivity contribution in [2.45, 2.75) is 51.9 Å². The van der Waals surface area contributed by atoms with E-state index in [0.29, 0.717) is 55.1 Å². The van der Waals surface area contributed by atoms with Crippen molar-refractivity contribution in [3.8, 4) is 0 Å². The van der Waals surface area contributed by atoms with Crippen molar-refractivity contribution in [1.29, 1.82) is 0 Å². The molecule has 1 N–H and O–H groups in total. The van der Waals surface area contributed by atoms with Crippen LogP contribution in [0.5, 0.6) is 0 Å². The van der Waals surface area contributed by atoms with Gasteiger partial charge in [0.2, 0.25) is 5.95 Å². The number of fused-ring (bicyclic) bond motifs is 1. The largest absolute Gasteiger partial charge is 0.351 e. The molecule has 7 heteroatoms. The Labute approximate surface area is 197 Å². The van der Waals surface area contributed by atoms with Crippen LogP contribution < -0.4 is 16.6 Å². The van der Waals surface area contributed by atoms with Gasteiger partial charge in [0.1, 0.15) is 0 Å². The van der Waals surface area contributed by atoms with Crippen molar-refractivity contribution < 1.29 is 0 Å². The minimum Gasteiger partial charge on any atom is -0.351 e. The highest BCUT2D eigenvalue weighted by molar-refractivity contribution is 5.74. The van der Waals surface area contributed by atoms with Crippen molar-refractivity contribution in [1.82, 2.24) is 18.7 Å². The lowest BCUT2D eigenvalue weighted by Crippen LogP contribution is -2.41. The Morgan fingerprint density at radius 2 is 1.35 bits per heavy atom. The molecular formula is C27H29N5O2. The van der Waals surface area contributed by atoms with E-state index in [0.717, 1.165) is 36.8 Å². The van der Waals surface area contributed by atoms with Crippen LogP contribution in [0.25, 0.3) is 11.2 Å². The fourth-order valence-corrected chi connectivity index (χ4v) is 4.57. The van der Waals surface area contributed by atoms with E-state index in [1.807, 2.05) is 41.0 Å². The lowest BCUT2D eigenvalue weighted by molar-refractivity contribution is 0.519. The Hall–Kier alpha value is -3.61. The van der Waals surface area contributed by atoms with Crippen LogP contribution in [-0.4, -0.2) is 18.7 Å². The molecule has 6 rings (SSSR count). The third kappa shape index (κ3) is 4.18. The number of rotatable bonds is 9. The standard InChI is InChI=1S/C27H29N5O2/c33-25-23-24(31(17-21-11-12-21)27(34)32(25)18-22-13-14-22)29-26(28-15-19-7-3-1-4-8-19)30(23)16-20-9-5-2-6-10-20/h1-10,21-22H,11-18H2,(H,28,29). The Bertz CT molecular complexity index is 1430. The van der Waals surface area contributed by atoms with Crippen LogP contribution in [0.1, 0.15) is 36.8 Å². The summed E-state index contributed by atoms with van der Waals surface area (Å²) < 4.78 is 5.18. The summed E-state index contributed by atoms with van der Waals surface area (Å²) in [5.74, 6) is 1.54. The lowest BCUT2D eigenvalue weighted by Gasteiger charge is -2.13. The van der Waals surface area contributed by atoms with Crippen LogP contribution in [0.15, 0.2) is 70.3 Å². The second-order valence-corrected chi connectivity index (χ2v) is 9.71. The number of hydrogen-bond donors (Lipinski definition) is 1. The van der Waals surface area contributed by atoms with Crippen LogP contribution in [-0.2, 0) is 26.2 Å². The van der Waals surface area contributed by atoms with Crippen LogP contribution in [0.3, 0.4) is 0 Å². The predicted octanol–water partition coefficient (Wildman–Crippen LogP) is 3.84. The average molecular weight is 456 g/mol. The molecule has 4 aromatic rings. The summed E-state index contributed by atoms with van der Waals surface area (Å²) >= 11 is 0. The summed E-state index contributed by atoms with van der Waals surface area (Å²) in [5.41, 5.74) is 2.78. The van der Waals surface area contributed by atoms with Gasteiger partial charge in [-0.05, 0) is 48.6 Å². The van der Waals surface area contributed by atoms with Crippen molar-refractivity contribution in [2.24, 2.45) is 11.8 Å². The number of aromatic nitrogens is 4. The third-order valence-electron chi connectivity index (χ3n) is 6.87. The normalized spacial score (nSPS) is 15.6. The maximum Gasteiger partial charge on any atom is 0.332 e. The van der Waals surface area contributed by atoms with Gasteiger partial charge >= 0.3 is 5.69 Å². The Morgan fingerprint density at radius 1 is 0.765 bits per heavy atom. The molecule has 7 nitrogen and oxygen atoms in total. The van der Waals surface area contributed by atoms with Crippen molar-refractivity contribution in [3.63, 3.8) is 0 Å². The summed E-state index contributed by atoms with van der Waals surface area (Å²) in [5, 5.41) is 3.44. The summed E-state index contributed by atoms with van der Waals surface area (Å²) in [4.78, 5) is 32.0. The van der Waals surface area contributed by atoms with Crippen molar-refractivity contribution in [3.05, 3.63) is 92.6 Å².